The first-order chi connectivity index (χ1) is 9.46. The second kappa shape index (κ2) is 4.37. The molecule has 0 atom stereocenters. The van der Waals surface area contributed by atoms with Gasteiger partial charge in [-0.2, -0.15) is 0 Å². The van der Waals surface area contributed by atoms with E-state index in [1.54, 1.807) is 18.2 Å². The van der Waals surface area contributed by atoms with Crippen molar-refractivity contribution in [3.63, 3.8) is 0 Å². The molecule has 1 heterocycles. The highest BCUT2D eigenvalue weighted by Gasteiger charge is 2.30. The van der Waals surface area contributed by atoms with Crippen LogP contribution in [-0.4, -0.2) is 11.4 Å². The van der Waals surface area contributed by atoms with Crippen LogP contribution in [0.15, 0.2) is 42.5 Å². The summed E-state index contributed by atoms with van der Waals surface area (Å²) in [4.78, 5) is 12.5. The van der Waals surface area contributed by atoms with Crippen molar-refractivity contribution < 1.29 is 9.53 Å². The molecule has 0 spiro atoms. The highest BCUT2D eigenvalue weighted by atomic mass is 16.5. The molecule has 3 nitrogen and oxygen atoms in total. The maximum absolute atomic E-state index is 12.5. The lowest BCUT2D eigenvalue weighted by Gasteiger charge is -2.16. The number of rotatable bonds is 2. The van der Waals surface area contributed by atoms with Crippen LogP contribution in [0.2, 0.25) is 0 Å². The molecule has 0 unspecified atom stereocenters. The van der Waals surface area contributed by atoms with Crippen molar-refractivity contribution in [1.29, 1.82) is 0 Å². The molecule has 0 saturated heterocycles. The van der Waals surface area contributed by atoms with Gasteiger partial charge in [-0.3, -0.25) is 4.79 Å². The van der Waals surface area contributed by atoms with Crippen LogP contribution in [0.5, 0.6) is 5.75 Å². The first kappa shape index (κ1) is 12.7. The predicted octanol–water partition coefficient (Wildman–Crippen LogP) is 3.21. The molecule has 2 N–H and O–H groups in total. The molecule has 0 amide bonds. The van der Waals surface area contributed by atoms with Gasteiger partial charge in [0.05, 0.1) is 0 Å². The minimum absolute atomic E-state index is 0.0457. The van der Waals surface area contributed by atoms with Crippen molar-refractivity contribution in [3.8, 4) is 5.75 Å². The van der Waals surface area contributed by atoms with Gasteiger partial charge in [0.2, 0.25) is 0 Å². The number of para-hydroxylation sites is 1. The fourth-order valence-corrected chi connectivity index (χ4v) is 2.61. The van der Waals surface area contributed by atoms with Crippen molar-refractivity contribution in [3.05, 3.63) is 59.2 Å². The molecular formula is C17H17NO2. The molecule has 0 aliphatic carbocycles. The number of ketones is 1. The molecule has 0 bridgehead atoms. The maximum Gasteiger partial charge on any atom is 0.195 e. The Morgan fingerprint density at radius 1 is 1.20 bits per heavy atom. The van der Waals surface area contributed by atoms with Crippen LogP contribution in [-0.2, 0) is 6.42 Å². The average Bonchev–Trinajstić information content (AvgIpc) is 2.71. The van der Waals surface area contributed by atoms with E-state index >= 15 is 0 Å². The van der Waals surface area contributed by atoms with E-state index in [-0.39, 0.29) is 11.4 Å². The molecule has 2 aromatic carbocycles. The van der Waals surface area contributed by atoms with Gasteiger partial charge >= 0.3 is 0 Å². The van der Waals surface area contributed by atoms with E-state index in [1.165, 1.54) is 0 Å². The van der Waals surface area contributed by atoms with Gasteiger partial charge in [-0.15, -0.1) is 0 Å². The largest absolute Gasteiger partial charge is 0.487 e. The summed E-state index contributed by atoms with van der Waals surface area (Å²) in [6.07, 6.45) is 0.813. The van der Waals surface area contributed by atoms with Gasteiger partial charge in [-0.05, 0) is 49.7 Å². The summed E-state index contributed by atoms with van der Waals surface area (Å²) in [5, 5.41) is 0. The van der Waals surface area contributed by atoms with Gasteiger partial charge in [-0.1, -0.05) is 12.1 Å². The molecule has 0 saturated carbocycles. The van der Waals surface area contributed by atoms with E-state index in [9.17, 15) is 4.79 Å². The SMILES string of the molecule is CC1(C)Cc2cc(C(=O)c3ccccc3N)ccc2O1. The standard InChI is InChI=1S/C17H17NO2/c1-17(2)10-12-9-11(7-8-15(12)20-17)16(19)13-5-3-4-6-14(13)18/h3-9H,10,18H2,1-2H3. The molecule has 0 fully saturated rings. The quantitative estimate of drug-likeness (QED) is 0.671. The van der Waals surface area contributed by atoms with E-state index in [2.05, 4.69) is 0 Å². The minimum Gasteiger partial charge on any atom is -0.487 e. The smallest absolute Gasteiger partial charge is 0.195 e. The summed E-state index contributed by atoms with van der Waals surface area (Å²) >= 11 is 0. The summed E-state index contributed by atoms with van der Waals surface area (Å²) in [7, 11) is 0. The van der Waals surface area contributed by atoms with Gasteiger partial charge in [0, 0.05) is 23.2 Å². The number of nitrogen functional groups attached to an aromatic ring is 1. The van der Waals surface area contributed by atoms with Gasteiger partial charge < -0.3 is 10.5 Å². The fraction of sp³-hybridized carbons (Fsp3) is 0.235. The Balaban J connectivity index is 1.98. The van der Waals surface area contributed by atoms with Crippen LogP contribution in [0.3, 0.4) is 0 Å². The average molecular weight is 267 g/mol. The number of hydrogen-bond donors (Lipinski definition) is 1. The molecule has 1 aliphatic heterocycles. The highest BCUT2D eigenvalue weighted by molar-refractivity contribution is 6.12. The third-order valence-corrected chi connectivity index (χ3v) is 3.53. The number of carbonyl (C=O) groups excluding carboxylic acids is 1. The molecule has 0 aromatic heterocycles. The van der Waals surface area contributed by atoms with Crippen molar-refractivity contribution in [2.45, 2.75) is 25.9 Å². The van der Waals surface area contributed by atoms with Crippen LogP contribution in [0.1, 0.15) is 35.3 Å². The lowest BCUT2D eigenvalue weighted by atomic mass is 9.96. The Kier molecular flexibility index (Phi) is 2.78. The zero-order valence-electron chi connectivity index (χ0n) is 11.6. The van der Waals surface area contributed by atoms with Crippen LogP contribution in [0, 0.1) is 0 Å². The van der Waals surface area contributed by atoms with Gasteiger partial charge in [-0.25, -0.2) is 0 Å². The second-order valence-corrected chi connectivity index (χ2v) is 5.78. The van der Waals surface area contributed by atoms with E-state index in [4.69, 9.17) is 10.5 Å². The Morgan fingerprint density at radius 2 is 1.95 bits per heavy atom. The Hall–Kier alpha value is -2.29. The number of benzene rings is 2. The normalized spacial score (nSPS) is 15.5. The summed E-state index contributed by atoms with van der Waals surface area (Å²) in [6, 6.07) is 12.7. The first-order valence-corrected chi connectivity index (χ1v) is 6.67. The van der Waals surface area contributed by atoms with Crippen LogP contribution >= 0.6 is 0 Å². The Morgan fingerprint density at radius 3 is 2.70 bits per heavy atom. The number of ether oxygens (including phenoxy) is 1. The van der Waals surface area contributed by atoms with Crippen molar-refractivity contribution >= 4 is 11.5 Å². The first-order valence-electron chi connectivity index (χ1n) is 6.67. The fourth-order valence-electron chi connectivity index (χ4n) is 2.61. The summed E-state index contributed by atoms with van der Waals surface area (Å²) < 4.78 is 5.82. The van der Waals surface area contributed by atoms with Crippen LogP contribution in [0.4, 0.5) is 5.69 Å². The number of nitrogens with two attached hydrogens (primary N) is 1. The number of hydrogen-bond acceptors (Lipinski definition) is 3. The summed E-state index contributed by atoms with van der Waals surface area (Å²) in [6.45, 7) is 4.09. The highest BCUT2D eigenvalue weighted by Crippen LogP contribution is 2.35. The number of fused-ring (bicyclic) bond motifs is 1. The summed E-state index contributed by atoms with van der Waals surface area (Å²) in [5.74, 6) is 0.822. The second-order valence-electron chi connectivity index (χ2n) is 5.78. The molecule has 102 valence electrons. The molecule has 20 heavy (non-hydrogen) atoms. The molecule has 1 aliphatic rings. The van der Waals surface area contributed by atoms with Gasteiger partial charge in [0.25, 0.3) is 0 Å². The Labute approximate surface area is 118 Å². The topological polar surface area (TPSA) is 52.3 Å². The van der Waals surface area contributed by atoms with Crippen molar-refractivity contribution in [2.75, 3.05) is 5.73 Å². The van der Waals surface area contributed by atoms with Crippen LogP contribution < -0.4 is 10.5 Å². The molecule has 3 heteroatoms. The lowest BCUT2D eigenvalue weighted by molar-refractivity contribution is 0.103. The third-order valence-electron chi connectivity index (χ3n) is 3.53. The zero-order valence-corrected chi connectivity index (χ0v) is 11.6. The van der Waals surface area contributed by atoms with E-state index < -0.39 is 0 Å². The minimum atomic E-state index is -0.199. The summed E-state index contributed by atoms with van der Waals surface area (Å²) in [5.41, 5.74) is 8.46. The predicted molar refractivity (Wildman–Crippen MR) is 79.1 cm³/mol. The molecule has 0 radical (unpaired) electrons. The molecule has 2 aromatic rings. The molecule has 3 rings (SSSR count). The van der Waals surface area contributed by atoms with E-state index in [0.29, 0.717) is 16.8 Å². The van der Waals surface area contributed by atoms with Crippen molar-refractivity contribution in [2.24, 2.45) is 0 Å². The van der Waals surface area contributed by atoms with Gasteiger partial charge in [0.15, 0.2) is 5.78 Å². The van der Waals surface area contributed by atoms with Gasteiger partial charge in [0.1, 0.15) is 11.4 Å². The molecular weight excluding hydrogens is 250 g/mol. The number of anilines is 1. The monoisotopic (exact) mass is 267 g/mol. The Bertz CT molecular complexity index is 689. The zero-order chi connectivity index (χ0) is 14.3. The lowest BCUT2D eigenvalue weighted by Crippen LogP contribution is -2.24. The maximum atomic E-state index is 12.5. The van der Waals surface area contributed by atoms with E-state index in [0.717, 1.165) is 17.7 Å². The van der Waals surface area contributed by atoms with Crippen molar-refractivity contribution in [1.82, 2.24) is 0 Å². The van der Waals surface area contributed by atoms with Crippen LogP contribution in [0.25, 0.3) is 0 Å². The van der Waals surface area contributed by atoms with E-state index in [1.807, 2.05) is 38.1 Å². The number of carbonyl (C=O) groups is 1. The third kappa shape index (κ3) is 2.16.